The van der Waals surface area contributed by atoms with Crippen LogP contribution in [0.5, 0.6) is 0 Å². The summed E-state index contributed by atoms with van der Waals surface area (Å²) < 4.78 is 1.82. The Balaban J connectivity index is 1.64. The van der Waals surface area contributed by atoms with Gasteiger partial charge < -0.3 is 5.73 Å². The number of benzene rings is 2. The molecule has 27 heavy (non-hydrogen) atoms. The van der Waals surface area contributed by atoms with Gasteiger partial charge in [0.25, 0.3) is 0 Å². The van der Waals surface area contributed by atoms with Crippen LogP contribution >= 0.6 is 22.9 Å². The highest BCUT2D eigenvalue weighted by Gasteiger charge is 2.14. The van der Waals surface area contributed by atoms with Gasteiger partial charge in [0.2, 0.25) is 5.91 Å². The molecule has 0 spiro atoms. The van der Waals surface area contributed by atoms with Crippen molar-refractivity contribution >= 4 is 28.8 Å². The van der Waals surface area contributed by atoms with Crippen LogP contribution in [-0.4, -0.2) is 20.7 Å². The molecule has 1 amide bonds. The second kappa shape index (κ2) is 7.34. The summed E-state index contributed by atoms with van der Waals surface area (Å²) in [6.45, 7) is 0.500. The molecule has 7 heteroatoms. The van der Waals surface area contributed by atoms with E-state index >= 15 is 0 Å². The number of thiazole rings is 1. The second-order valence-electron chi connectivity index (χ2n) is 5.93. The van der Waals surface area contributed by atoms with Crippen molar-refractivity contribution in [2.45, 2.75) is 6.54 Å². The highest BCUT2D eigenvalue weighted by molar-refractivity contribution is 7.13. The second-order valence-corrected chi connectivity index (χ2v) is 7.23. The largest absolute Gasteiger partial charge is 0.366 e. The van der Waals surface area contributed by atoms with E-state index in [1.165, 1.54) is 0 Å². The van der Waals surface area contributed by atoms with E-state index in [9.17, 15) is 4.79 Å². The molecule has 2 aromatic carbocycles. The molecule has 2 heterocycles. The maximum absolute atomic E-state index is 11.7. The van der Waals surface area contributed by atoms with Crippen molar-refractivity contribution in [1.82, 2.24) is 14.8 Å². The van der Waals surface area contributed by atoms with E-state index in [0.717, 1.165) is 27.5 Å². The van der Waals surface area contributed by atoms with Crippen LogP contribution in [0.2, 0.25) is 5.02 Å². The normalized spacial score (nSPS) is 10.9. The van der Waals surface area contributed by atoms with Gasteiger partial charge in [-0.2, -0.15) is 5.10 Å². The van der Waals surface area contributed by atoms with Gasteiger partial charge in [-0.3, -0.25) is 9.48 Å². The van der Waals surface area contributed by atoms with Crippen molar-refractivity contribution in [2.75, 3.05) is 0 Å². The van der Waals surface area contributed by atoms with Crippen LogP contribution in [0.3, 0.4) is 0 Å². The van der Waals surface area contributed by atoms with Crippen molar-refractivity contribution in [2.24, 2.45) is 5.73 Å². The zero-order valence-electron chi connectivity index (χ0n) is 14.2. The summed E-state index contributed by atoms with van der Waals surface area (Å²) in [5.41, 5.74) is 9.49. The van der Waals surface area contributed by atoms with E-state index in [2.05, 4.69) is 5.10 Å². The minimum atomic E-state index is -0.461. The predicted molar refractivity (Wildman–Crippen MR) is 108 cm³/mol. The molecular weight excluding hydrogens is 380 g/mol. The van der Waals surface area contributed by atoms with Gasteiger partial charge in [-0.1, -0.05) is 41.9 Å². The van der Waals surface area contributed by atoms with Gasteiger partial charge in [-0.25, -0.2) is 4.98 Å². The summed E-state index contributed by atoms with van der Waals surface area (Å²) in [5, 5.41) is 8.03. The molecule has 0 aliphatic carbocycles. The number of aromatic nitrogens is 3. The van der Waals surface area contributed by atoms with Crippen molar-refractivity contribution in [3.63, 3.8) is 0 Å². The average molecular weight is 395 g/mol. The van der Waals surface area contributed by atoms with E-state index in [4.69, 9.17) is 22.3 Å². The molecule has 0 unspecified atom stereocenters. The molecule has 0 aliphatic rings. The summed E-state index contributed by atoms with van der Waals surface area (Å²) in [7, 11) is 0. The highest BCUT2D eigenvalue weighted by atomic mass is 35.5. The standard InChI is InChI=1S/C20H15ClN4OS/c21-14-7-5-13(6-8-14)20-24-15(12-27-20)11-25-18(9-10-23-25)16-3-1-2-4-17(16)19(22)26/h1-10,12H,11H2,(H2,22,26). The molecule has 0 bridgehead atoms. The summed E-state index contributed by atoms with van der Waals surface area (Å²) in [6, 6.07) is 16.7. The monoisotopic (exact) mass is 394 g/mol. The molecule has 134 valence electrons. The van der Waals surface area contributed by atoms with E-state index in [0.29, 0.717) is 17.1 Å². The number of amides is 1. The lowest BCUT2D eigenvalue weighted by Gasteiger charge is -2.09. The quantitative estimate of drug-likeness (QED) is 0.542. The number of halogens is 1. The Labute approximate surface area is 165 Å². The van der Waals surface area contributed by atoms with E-state index in [-0.39, 0.29) is 0 Å². The van der Waals surface area contributed by atoms with Crippen molar-refractivity contribution in [3.05, 3.63) is 82.5 Å². The fourth-order valence-electron chi connectivity index (χ4n) is 2.87. The maximum atomic E-state index is 11.7. The molecule has 0 atom stereocenters. The molecule has 4 rings (SSSR count). The first kappa shape index (κ1) is 17.5. The summed E-state index contributed by atoms with van der Waals surface area (Å²) >= 11 is 7.52. The van der Waals surface area contributed by atoms with E-state index < -0.39 is 5.91 Å². The number of nitrogens with zero attached hydrogens (tertiary/aromatic N) is 3. The first-order valence-electron chi connectivity index (χ1n) is 8.23. The van der Waals surface area contributed by atoms with Crippen LogP contribution in [0.15, 0.2) is 66.2 Å². The Kier molecular flexibility index (Phi) is 4.75. The number of nitrogens with two attached hydrogens (primary N) is 1. The van der Waals surface area contributed by atoms with Crippen LogP contribution in [-0.2, 0) is 6.54 Å². The van der Waals surface area contributed by atoms with Crippen molar-refractivity contribution in [1.29, 1.82) is 0 Å². The van der Waals surface area contributed by atoms with Crippen molar-refractivity contribution in [3.8, 4) is 21.8 Å². The summed E-state index contributed by atoms with van der Waals surface area (Å²) in [4.78, 5) is 16.4. The molecular formula is C20H15ClN4OS. The predicted octanol–water partition coefficient (Wildman–Crippen LogP) is 4.47. The third-order valence-electron chi connectivity index (χ3n) is 4.14. The molecule has 2 N–H and O–H groups in total. The molecule has 0 radical (unpaired) electrons. The molecule has 0 saturated heterocycles. The van der Waals surface area contributed by atoms with E-state index in [1.807, 2.05) is 52.5 Å². The highest BCUT2D eigenvalue weighted by Crippen LogP contribution is 2.27. The lowest BCUT2D eigenvalue weighted by Crippen LogP contribution is -2.13. The summed E-state index contributed by atoms with van der Waals surface area (Å²) in [6.07, 6.45) is 1.71. The molecule has 4 aromatic rings. The Morgan fingerprint density at radius 1 is 1.11 bits per heavy atom. The maximum Gasteiger partial charge on any atom is 0.249 e. The van der Waals surface area contributed by atoms with Crippen molar-refractivity contribution < 1.29 is 4.79 Å². The topological polar surface area (TPSA) is 73.8 Å². The van der Waals surface area contributed by atoms with Gasteiger partial charge in [0.05, 0.1) is 17.9 Å². The SMILES string of the molecule is NC(=O)c1ccccc1-c1ccnn1Cc1csc(-c2ccc(Cl)cc2)n1. The minimum absolute atomic E-state index is 0.461. The fraction of sp³-hybridized carbons (Fsp3) is 0.0500. The third kappa shape index (κ3) is 3.63. The minimum Gasteiger partial charge on any atom is -0.366 e. The Hall–Kier alpha value is -2.96. The number of rotatable bonds is 5. The van der Waals surface area contributed by atoms with Gasteiger partial charge in [-0.15, -0.1) is 11.3 Å². The lowest BCUT2D eigenvalue weighted by atomic mass is 10.0. The first-order valence-corrected chi connectivity index (χ1v) is 9.49. The van der Waals surface area contributed by atoms with Crippen LogP contribution in [0.4, 0.5) is 0 Å². The Bertz CT molecular complexity index is 1100. The lowest BCUT2D eigenvalue weighted by molar-refractivity contribution is 0.100. The van der Waals surface area contributed by atoms with Gasteiger partial charge >= 0.3 is 0 Å². The molecule has 0 aliphatic heterocycles. The molecule has 5 nitrogen and oxygen atoms in total. The summed E-state index contributed by atoms with van der Waals surface area (Å²) in [5.74, 6) is -0.461. The number of carbonyl (C=O) groups excluding carboxylic acids is 1. The average Bonchev–Trinajstić information content (AvgIpc) is 3.32. The Morgan fingerprint density at radius 2 is 1.89 bits per heavy atom. The van der Waals surface area contributed by atoms with Gasteiger partial charge in [-0.05, 0) is 24.3 Å². The van der Waals surface area contributed by atoms with Gasteiger partial charge in [0, 0.05) is 33.3 Å². The van der Waals surface area contributed by atoms with Gasteiger partial charge in [0.15, 0.2) is 0 Å². The zero-order valence-corrected chi connectivity index (χ0v) is 15.7. The molecule has 2 aromatic heterocycles. The van der Waals surface area contributed by atoms with Crippen LogP contribution in [0.1, 0.15) is 16.1 Å². The smallest absolute Gasteiger partial charge is 0.249 e. The van der Waals surface area contributed by atoms with Gasteiger partial charge in [0.1, 0.15) is 5.01 Å². The fourth-order valence-corrected chi connectivity index (χ4v) is 3.81. The number of primary amides is 1. The number of hydrogen-bond acceptors (Lipinski definition) is 4. The first-order chi connectivity index (χ1) is 13.1. The number of hydrogen-bond donors (Lipinski definition) is 1. The third-order valence-corrected chi connectivity index (χ3v) is 5.33. The Morgan fingerprint density at radius 3 is 2.67 bits per heavy atom. The van der Waals surface area contributed by atoms with Crippen LogP contribution in [0.25, 0.3) is 21.8 Å². The van der Waals surface area contributed by atoms with E-state index in [1.54, 1.807) is 29.7 Å². The van der Waals surface area contributed by atoms with Crippen LogP contribution in [0, 0.1) is 0 Å². The zero-order chi connectivity index (χ0) is 18.8. The van der Waals surface area contributed by atoms with Crippen LogP contribution < -0.4 is 5.73 Å². The molecule has 0 fully saturated rings. The number of carbonyl (C=O) groups is 1. The molecule has 0 saturated carbocycles.